The zero-order valence-corrected chi connectivity index (χ0v) is 10.0. The number of aliphatic hydroxyl groups is 1. The fourth-order valence-electron chi connectivity index (χ4n) is 1.23. The number of carboxylic acids is 1. The smallest absolute Gasteiger partial charge is 0.321 e. The van der Waals surface area contributed by atoms with E-state index in [1.807, 2.05) is 4.72 Å². The molecule has 0 unspecified atom stereocenters. The third-order valence-corrected chi connectivity index (χ3v) is 3.62. The predicted molar refractivity (Wildman–Crippen MR) is 59.8 cm³/mol. The van der Waals surface area contributed by atoms with Crippen LogP contribution in [-0.2, 0) is 14.8 Å². The van der Waals surface area contributed by atoms with Crippen LogP contribution in [0.15, 0.2) is 29.2 Å². The Morgan fingerprint density at radius 3 is 2.33 bits per heavy atom. The average Bonchev–Trinajstić information content (AvgIpc) is 2.28. The summed E-state index contributed by atoms with van der Waals surface area (Å²) in [5.41, 5.74) is 0. The van der Waals surface area contributed by atoms with E-state index < -0.39 is 34.5 Å². The summed E-state index contributed by atoms with van der Waals surface area (Å²) in [4.78, 5) is 10.5. The van der Waals surface area contributed by atoms with Crippen molar-refractivity contribution in [1.29, 1.82) is 0 Å². The normalized spacial score (nSPS) is 13.2. The Morgan fingerprint density at radius 1 is 1.33 bits per heavy atom. The molecule has 0 aliphatic rings. The molecule has 0 fully saturated rings. The molecule has 0 bridgehead atoms. The number of aliphatic carboxylic acids is 1. The first kappa shape index (κ1) is 14.6. The van der Waals surface area contributed by atoms with Crippen molar-refractivity contribution in [1.82, 2.24) is 4.72 Å². The van der Waals surface area contributed by atoms with Crippen LogP contribution in [0, 0.1) is 5.82 Å². The molecule has 3 N–H and O–H groups in total. The lowest BCUT2D eigenvalue weighted by Gasteiger charge is -2.13. The summed E-state index contributed by atoms with van der Waals surface area (Å²) in [7, 11) is -4.05. The SMILES string of the molecule is O=C(O)[C@H](CCO)NS(=O)(=O)c1ccc(F)cc1. The van der Waals surface area contributed by atoms with Crippen LogP contribution in [0.5, 0.6) is 0 Å². The highest BCUT2D eigenvalue weighted by atomic mass is 32.2. The second-order valence-corrected chi connectivity index (χ2v) is 5.19. The Kier molecular flexibility index (Phi) is 4.76. The van der Waals surface area contributed by atoms with E-state index in [-0.39, 0.29) is 11.3 Å². The molecule has 8 heteroatoms. The molecule has 0 radical (unpaired) electrons. The zero-order chi connectivity index (χ0) is 13.8. The molecule has 0 aliphatic carbocycles. The maximum atomic E-state index is 12.6. The molecular weight excluding hydrogens is 265 g/mol. The van der Waals surface area contributed by atoms with E-state index >= 15 is 0 Å². The third kappa shape index (κ3) is 3.76. The van der Waals surface area contributed by atoms with Gasteiger partial charge in [-0.2, -0.15) is 4.72 Å². The topological polar surface area (TPSA) is 104 Å². The number of aliphatic hydroxyl groups excluding tert-OH is 1. The molecule has 0 saturated carbocycles. The molecule has 100 valence electrons. The van der Waals surface area contributed by atoms with Crippen LogP contribution in [0.1, 0.15) is 6.42 Å². The molecule has 1 rings (SSSR count). The molecule has 1 aromatic rings. The maximum Gasteiger partial charge on any atom is 0.321 e. The largest absolute Gasteiger partial charge is 0.480 e. The van der Waals surface area contributed by atoms with Crippen molar-refractivity contribution in [3.8, 4) is 0 Å². The molecular formula is C10H12FNO5S. The van der Waals surface area contributed by atoms with Gasteiger partial charge in [0.1, 0.15) is 11.9 Å². The molecule has 0 aliphatic heterocycles. The summed E-state index contributed by atoms with van der Waals surface area (Å²) in [5, 5.41) is 17.4. The van der Waals surface area contributed by atoms with Gasteiger partial charge in [-0.25, -0.2) is 12.8 Å². The van der Waals surface area contributed by atoms with Gasteiger partial charge in [-0.1, -0.05) is 0 Å². The Balaban J connectivity index is 2.93. The van der Waals surface area contributed by atoms with Gasteiger partial charge in [-0.15, -0.1) is 0 Å². The Hall–Kier alpha value is -1.51. The quantitative estimate of drug-likeness (QED) is 0.676. The number of halogens is 1. The lowest BCUT2D eigenvalue weighted by atomic mass is 10.2. The van der Waals surface area contributed by atoms with Crippen molar-refractivity contribution in [2.75, 3.05) is 6.61 Å². The van der Waals surface area contributed by atoms with Gasteiger partial charge in [0.15, 0.2) is 0 Å². The molecule has 0 heterocycles. The van der Waals surface area contributed by atoms with Crippen molar-refractivity contribution < 1.29 is 27.8 Å². The minimum Gasteiger partial charge on any atom is -0.480 e. The van der Waals surface area contributed by atoms with Gasteiger partial charge < -0.3 is 10.2 Å². The maximum absolute atomic E-state index is 12.6. The van der Waals surface area contributed by atoms with E-state index in [1.165, 1.54) is 0 Å². The van der Waals surface area contributed by atoms with E-state index in [4.69, 9.17) is 10.2 Å². The fourth-order valence-corrected chi connectivity index (χ4v) is 2.45. The number of carbonyl (C=O) groups is 1. The standard InChI is InChI=1S/C10H12FNO5S/c11-7-1-3-8(4-2-7)18(16,17)12-9(5-6-13)10(14)15/h1-4,9,12-13H,5-6H2,(H,14,15)/t9-/m0/s1. The van der Waals surface area contributed by atoms with Gasteiger partial charge in [0.05, 0.1) is 4.90 Å². The van der Waals surface area contributed by atoms with Gasteiger partial charge in [-0.3, -0.25) is 4.79 Å². The fraction of sp³-hybridized carbons (Fsp3) is 0.300. The third-order valence-electron chi connectivity index (χ3n) is 2.14. The number of sulfonamides is 1. The van der Waals surface area contributed by atoms with Crippen LogP contribution >= 0.6 is 0 Å². The number of hydrogen-bond donors (Lipinski definition) is 3. The van der Waals surface area contributed by atoms with Crippen LogP contribution < -0.4 is 4.72 Å². The second kappa shape index (κ2) is 5.89. The predicted octanol–water partition coefficient (Wildman–Crippen LogP) is -0.0604. The van der Waals surface area contributed by atoms with Crippen molar-refractivity contribution in [2.45, 2.75) is 17.4 Å². The average molecular weight is 277 g/mol. The summed E-state index contributed by atoms with van der Waals surface area (Å²) < 4.78 is 38.1. The van der Waals surface area contributed by atoms with Gasteiger partial charge in [-0.05, 0) is 30.7 Å². The summed E-state index contributed by atoms with van der Waals surface area (Å²) in [5.74, 6) is -1.99. The van der Waals surface area contributed by atoms with Crippen LogP contribution in [0.4, 0.5) is 4.39 Å². The lowest BCUT2D eigenvalue weighted by Crippen LogP contribution is -2.41. The molecule has 0 aromatic heterocycles. The monoisotopic (exact) mass is 277 g/mol. The molecule has 0 spiro atoms. The molecule has 1 aromatic carbocycles. The highest BCUT2D eigenvalue weighted by Gasteiger charge is 2.24. The Bertz CT molecular complexity index is 514. The first-order valence-corrected chi connectivity index (χ1v) is 6.46. The highest BCUT2D eigenvalue weighted by Crippen LogP contribution is 2.10. The molecule has 6 nitrogen and oxygen atoms in total. The van der Waals surface area contributed by atoms with E-state index in [0.717, 1.165) is 24.3 Å². The van der Waals surface area contributed by atoms with Gasteiger partial charge in [0.2, 0.25) is 10.0 Å². The summed E-state index contributed by atoms with van der Waals surface area (Å²) in [6.07, 6.45) is -0.254. The summed E-state index contributed by atoms with van der Waals surface area (Å²) in [6, 6.07) is 2.53. The highest BCUT2D eigenvalue weighted by molar-refractivity contribution is 7.89. The molecule has 1 atom stereocenters. The summed E-state index contributed by atoms with van der Waals surface area (Å²) >= 11 is 0. The van der Waals surface area contributed by atoms with E-state index in [2.05, 4.69) is 0 Å². The Labute approximate surface area is 103 Å². The van der Waals surface area contributed by atoms with E-state index in [9.17, 15) is 17.6 Å². The number of benzene rings is 1. The minimum absolute atomic E-state index is 0.243. The van der Waals surface area contributed by atoms with Crippen LogP contribution in [0.3, 0.4) is 0 Å². The lowest BCUT2D eigenvalue weighted by molar-refractivity contribution is -0.139. The van der Waals surface area contributed by atoms with Crippen molar-refractivity contribution in [2.24, 2.45) is 0 Å². The molecule has 0 amide bonds. The minimum atomic E-state index is -4.05. The molecule has 0 saturated heterocycles. The number of carboxylic acid groups (broad SMARTS) is 1. The van der Waals surface area contributed by atoms with Gasteiger partial charge >= 0.3 is 5.97 Å². The Morgan fingerprint density at radius 2 is 1.89 bits per heavy atom. The summed E-state index contributed by atoms with van der Waals surface area (Å²) in [6.45, 7) is -0.469. The number of nitrogens with one attached hydrogen (secondary N) is 1. The van der Waals surface area contributed by atoms with E-state index in [0.29, 0.717) is 0 Å². The van der Waals surface area contributed by atoms with Crippen molar-refractivity contribution in [3.63, 3.8) is 0 Å². The second-order valence-electron chi connectivity index (χ2n) is 3.48. The van der Waals surface area contributed by atoms with E-state index in [1.54, 1.807) is 0 Å². The van der Waals surface area contributed by atoms with Crippen LogP contribution in [0.2, 0.25) is 0 Å². The first-order valence-electron chi connectivity index (χ1n) is 4.98. The van der Waals surface area contributed by atoms with Crippen LogP contribution in [0.25, 0.3) is 0 Å². The first-order chi connectivity index (χ1) is 8.36. The van der Waals surface area contributed by atoms with Gasteiger partial charge in [0, 0.05) is 6.61 Å². The van der Waals surface area contributed by atoms with Crippen molar-refractivity contribution in [3.05, 3.63) is 30.1 Å². The van der Waals surface area contributed by atoms with Crippen LogP contribution in [-0.4, -0.2) is 37.2 Å². The van der Waals surface area contributed by atoms with Gasteiger partial charge in [0.25, 0.3) is 0 Å². The molecule has 18 heavy (non-hydrogen) atoms. The number of hydrogen-bond acceptors (Lipinski definition) is 4. The number of rotatable bonds is 6. The van der Waals surface area contributed by atoms with Crippen molar-refractivity contribution >= 4 is 16.0 Å². The zero-order valence-electron chi connectivity index (χ0n) is 9.21.